The predicted molar refractivity (Wildman–Crippen MR) is 82.6 cm³/mol. The molecule has 0 aliphatic rings. The lowest BCUT2D eigenvalue weighted by atomic mass is 10.0. The molecule has 2 aromatic rings. The number of hydrogen-bond donors (Lipinski definition) is 1. The third-order valence-corrected chi connectivity index (χ3v) is 4.77. The zero-order chi connectivity index (χ0) is 13.3. The Labute approximate surface area is 124 Å². The van der Waals surface area contributed by atoms with Crippen LogP contribution in [0.2, 0.25) is 5.02 Å². The SMILES string of the molecule is CC(C)c1nc(N)sc1Cc1ccc(Br)c(Cl)c1. The molecule has 96 valence electrons. The molecule has 0 aliphatic carbocycles. The van der Waals surface area contributed by atoms with Gasteiger partial charge in [-0.2, -0.15) is 0 Å². The number of thiazole rings is 1. The molecule has 0 saturated carbocycles. The number of anilines is 1. The molecule has 2 nitrogen and oxygen atoms in total. The summed E-state index contributed by atoms with van der Waals surface area (Å²) in [6.45, 7) is 4.26. The molecule has 1 aromatic carbocycles. The highest BCUT2D eigenvalue weighted by Crippen LogP contribution is 2.30. The average Bonchev–Trinajstić information content (AvgIpc) is 2.65. The van der Waals surface area contributed by atoms with Gasteiger partial charge in [0.2, 0.25) is 0 Å². The van der Waals surface area contributed by atoms with Gasteiger partial charge in [0.1, 0.15) is 0 Å². The largest absolute Gasteiger partial charge is 0.375 e. The maximum absolute atomic E-state index is 6.10. The van der Waals surface area contributed by atoms with Crippen molar-refractivity contribution in [3.63, 3.8) is 0 Å². The highest BCUT2D eigenvalue weighted by molar-refractivity contribution is 9.10. The quantitative estimate of drug-likeness (QED) is 0.863. The second-order valence-electron chi connectivity index (χ2n) is 4.44. The average molecular weight is 346 g/mol. The van der Waals surface area contributed by atoms with Crippen LogP contribution in [0.15, 0.2) is 22.7 Å². The fourth-order valence-electron chi connectivity index (χ4n) is 1.80. The molecule has 0 spiro atoms. The third-order valence-electron chi connectivity index (χ3n) is 2.64. The van der Waals surface area contributed by atoms with Crippen molar-refractivity contribution >= 4 is 44.0 Å². The van der Waals surface area contributed by atoms with Gasteiger partial charge in [0.05, 0.1) is 10.7 Å². The Hall–Kier alpha value is -0.580. The van der Waals surface area contributed by atoms with Crippen molar-refractivity contribution in [1.29, 1.82) is 0 Å². The molecule has 0 atom stereocenters. The number of nitrogen functional groups attached to an aromatic ring is 1. The molecule has 0 unspecified atom stereocenters. The van der Waals surface area contributed by atoms with Crippen molar-refractivity contribution in [3.8, 4) is 0 Å². The van der Waals surface area contributed by atoms with E-state index in [4.69, 9.17) is 17.3 Å². The molecule has 18 heavy (non-hydrogen) atoms. The van der Waals surface area contributed by atoms with E-state index in [2.05, 4.69) is 40.8 Å². The smallest absolute Gasteiger partial charge is 0.180 e. The summed E-state index contributed by atoms with van der Waals surface area (Å²) < 4.78 is 0.917. The summed E-state index contributed by atoms with van der Waals surface area (Å²) in [6.07, 6.45) is 0.829. The fourth-order valence-corrected chi connectivity index (χ4v) is 3.27. The van der Waals surface area contributed by atoms with E-state index in [1.807, 2.05) is 12.1 Å². The van der Waals surface area contributed by atoms with Crippen LogP contribution in [0.3, 0.4) is 0 Å². The van der Waals surface area contributed by atoms with Gasteiger partial charge >= 0.3 is 0 Å². The minimum atomic E-state index is 0.388. The van der Waals surface area contributed by atoms with Gasteiger partial charge in [0.25, 0.3) is 0 Å². The molecular weight excluding hydrogens is 332 g/mol. The molecule has 0 bridgehead atoms. The third kappa shape index (κ3) is 3.05. The minimum Gasteiger partial charge on any atom is -0.375 e. The van der Waals surface area contributed by atoms with Crippen molar-refractivity contribution in [2.75, 3.05) is 5.73 Å². The van der Waals surface area contributed by atoms with Crippen molar-refractivity contribution in [1.82, 2.24) is 4.98 Å². The van der Waals surface area contributed by atoms with Crippen molar-refractivity contribution in [2.24, 2.45) is 0 Å². The van der Waals surface area contributed by atoms with Gasteiger partial charge in [-0.25, -0.2) is 4.98 Å². The van der Waals surface area contributed by atoms with Crippen molar-refractivity contribution in [2.45, 2.75) is 26.2 Å². The van der Waals surface area contributed by atoms with Crippen LogP contribution in [0.4, 0.5) is 5.13 Å². The number of rotatable bonds is 3. The first-order valence-electron chi connectivity index (χ1n) is 5.66. The van der Waals surface area contributed by atoms with Crippen LogP contribution in [0.1, 0.15) is 35.9 Å². The van der Waals surface area contributed by atoms with E-state index >= 15 is 0 Å². The van der Waals surface area contributed by atoms with E-state index < -0.39 is 0 Å². The maximum atomic E-state index is 6.10. The van der Waals surface area contributed by atoms with Gasteiger partial charge in [-0.05, 0) is 39.5 Å². The van der Waals surface area contributed by atoms with Crippen LogP contribution < -0.4 is 5.73 Å². The first-order chi connectivity index (χ1) is 8.47. The lowest BCUT2D eigenvalue weighted by Gasteiger charge is -2.06. The molecule has 0 aliphatic heterocycles. The molecule has 2 rings (SSSR count). The first kappa shape index (κ1) is 13.8. The van der Waals surface area contributed by atoms with Crippen molar-refractivity contribution < 1.29 is 0 Å². The number of halogens is 2. The number of aromatic nitrogens is 1. The molecule has 0 saturated heterocycles. The number of benzene rings is 1. The summed E-state index contributed by atoms with van der Waals surface area (Å²) >= 11 is 11.1. The van der Waals surface area contributed by atoms with E-state index in [0.29, 0.717) is 11.0 Å². The lowest BCUT2D eigenvalue weighted by molar-refractivity contribution is 0.820. The van der Waals surface area contributed by atoms with E-state index in [9.17, 15) is 0 Å². The number of hydrogen-bond acceptors (Lipinski definition) is 3. The van der Waals surface area contributed by atoms with Gasteiger partial charge in [-0.3, -0.25) is 0 Å². The molecule has 0 amide bonds. The molecule has 1 heterocycles. The first-order valence-corrected chi connectivity index (χ1v) is 7.65. The Balaban J connectivity index is 2.30. The van der Waals surface area contributed by atoms with Gasteiger partial charge in [-0.15, -0.1) is 11.3 Å². The van der Waals surface area contributed by atoms with Crippen LogP contribution in [0.25, 0.3) is 0 Å². The zero-order valence-corrected chi connectivity index (χ0v) is 13.4. The van der Waals surface area contributed by atoms with E-state index in [-0.39, 0.29) is 0 Å². The molecule has 0 fully saturated rings. The second-order valence-corrected chi connectivity index (χ2v) is 6.82. The zero-order valence-electron chi connectivity index (χ0n) is 10.2. The van der Waals surface area contributed by atoms with E-state index in [1.165, 1.54) is 10.4 Å². The molecule has 2 N–H and O–H groups in total. The minimum absolute atomic E-state index is 0.388. The summed E-state index contributed by atoms with van der Waals surface area (Å²) in [5.41, 5.74) is 8.07. The van der Waals surface area contributed by atoms with Crippen LogP contribution >= 0.6 is 38.9 Å². The summed E-state index contributed by atoms with van der Waals surface area (Å²) in [6, 6.07) is 6.01. The van der Waals surface area contributed by atoms with Crippen LogP contribution in [-0.4, -0.2) is 4.98 Å². The van der Waals surface area contributed by atoms with Crippen LogP contribution in [-0.2, 0) is 6.42 Å². The standard InChI is InChI=1S/C13H14BrClN2S/c1-7(2)12-11(18-13(16)17-12)6-8-3-4-9(14)10(15)5-8/h3-5,7H,6H2,1-2H3,(H2,16,17). The summed E-state index contributed by atoms with van der Waals surface area (Å²) in [7, 11) is 0. The molecule has 1 aromatic heterocycles. The molecular formula is C13H14BrClN2S. The summed E-state index contributed by atoms with van der Waals surface area (Å²) in [5.74, 6) is 0.388. The fraction of sp³-hybridized carbons (Fsp3) is 0.308. The maximum Gasteiger partial charge on any atom is 0.180 e. The summed E-state index contributed by atoms with van der Waals surface area (Å²) in [4.78, 5) is 5.62. The number of nitrogens with zero attached hydrogens (tertiary/aromatic N) is 1. The topological polar surface area (TPSA) is 38.9 Å². The number of nitrogens with two attached hydrogens (primary N) is 1. The van der Waals surface area contributed by atoms with Gasteiger partial charge in [0, 0.05) is 15.8 Å². The summed E-state index contributed by atoms with van der Waals surface area (Å²) in [5, 5.41) is 1.37. The predicted octanol–water partition coefficient (Wildman–Crippen LogP) is 4.86. The second kappa shape index (κ2) is 5.59. The highest BCUT2D eigenvalue weighted by Gasteiger charge is 2.13. The van der Waals surface area contributed by atoms with Gasteiger partial charge < -0.3 is 5.73 Å². The van der Waals surface area contributed by atoms with Gasteiger partial charge in [0.15, 0.2) is 5.13 Å². The Bertz CT molecular complexity index is 566. The molecule has 0 radical (unpaired) electrons. The normalized spacial score (nSPS) is 11.2. The van der Waals surface area contributed by atoms with Crippen molar-refractivity contribution in [3.05, 3.63) is 43.8 Å². The highest BCUT2D eigenvalue weighted by atomic mass is 79.9. The lowest BCUT2D eigenvalue weighted by Crippen LogP contribution is -1.95. The Morgan fingerprint density at radius 1 is 1.44 bits per heavy atom. The van der Waals surface area contributed by atoms with Crippen LogP contribution in [0, 0.1) is 0 Å². The Morgan fingerprint density at radius 3 is 2.78 bits per heavy atom. The van der Waals surface area contributed by atoms with Gasteiger partial charge in [-0.1, -0.05) is 31.5 Å². The Morgan fingerprint density at radius 2 is 2.17 bits per heavy atom. The van der Waals surface area contributed by atoms with Crippen LogP contribution in [0.5, 0.6) is 0 Å². The monoisotopic (exact) mass is 344 g/mol. The van der Waals surface area contributed by atoms with E-state index in [1.54, 1.807) is 11.3 Å². The van der Waals surface area contributed by atoms with E-state index in [0.717, 1.165) is 21.6 Å². The molecule has 5 heteroatoms. The Kier molecular flexibility index (Phi) is 4.30.